The molecule has 0 aromatic heterocycles. The fourth-order valence-corrected chi connectivity index (χ4v) is 6.88. The highest BCUT2D eigenvalue weighted by Crippen LogP contribution is 2.43. The van der Waals surface area contributed by atoms with Crippen molar-refractivity contribution in [2.75, 3.05) is 6.61 Å². The van der Waals surface area contributed by atoms with Crippen LogP contribution in [0.2, 0.25) is 0 Å². The zero-order chi connectivity index (χ0) is 30.8. The molecule has 4 rings (SSSR count). The van der Waals surface area contributed by atoms with Gasteiger partial charge in [-0.25, -0.2) is 13.2 Å². The molecule has 232 valence electrons. The van der Waals surface area contributed by atoms with Crippen molar-refractivity contribution in [3.8, 4) is 11.1 Å². The third-order valence-corrected chi connectivity index (χ3v) is 9.37. The Bertz CT molecular complexity index is 1300. The number of halogens is 3. The molecule has 0 bridgehead atoms. The molecule has 1 unspecified atom stereocenters. The van der Waals surface area contributed by atoms with E-state index in [1.807, 2.05) is 6.07 Å². The van der Waals surface area contributed by atoms with Crippen molar-refractivity contribution in [3.63, 3.8) is 0 Å². The van der Waals surface area contributed by atoms with Gasteiger partial charge in [0.25, 0.3) is 0 Å². The van der Waals surface area contributed by atoms with Crippen LogP contribution >= 0.6 is 0 Å². The lowest BCUT2D eigenvalue weighted by atomic mass is 9.75. The molecule has 1 aliphatic rings. The Hall–Kier alpha value is -2.85. The van der Waals surface area contributed by atoms with Gasteiger partial charge in [-0.15, -0.1) is 6.58 Å². The van der Waals surface area contributed by atoms with E-state index in [1.54, 1.807) is 6.07 Å². The van der Waals surface area contributed by atoms with Gasteiger partial charge >= 0.3 is 0 Å². The normalized spacial score (nSPS) is 17.6. The number of rotatable bonds is 15. The summed E-state index contributed by atoms with van der Waals surface area (Å²) in [4.78, 5) is 0. The molecule has 3 aromatic carbocycles. The SMILES string of the molecule is C=C(C)CCCC(CCCO)c1ccc(C2CCC(c3c(F)cc(-c4ccc(CCCCC)cc4F)cc3F)CC2)cc1. The molecular formula is C39H49F3O. The van der Waals surface area contributed by atoms with Gasteiger partial charge in [-0.1, -0.05) is 61.7 Å². The van der Waals surface area contributed by atoms with Gasteiger partial charge in [-0.2, -0.15) is 0 Å². The number of hydrogen-bond acceptors (Lipinski definition) is 1. The second kappa shape index (κ2) is 16.3. The maximum absolute atomic E-state index is 15.4. The van der Waals surface area contributed by atoms with Crippen molar-refractivity contribution in [3.05, 3.63) is 106 Å². The van der Waals surface area contributed by atoms with Crippen LogP contribution in [-0.2, 0) is 6.42 Å². The minimum Gasteiger partial charge on any atom is -0.396 e. The van der Waals surface area contributed by atoms with Crippen molar-refractivity contribution in [2.24, 2.45) is 0 Å². The summed E-state index contributed by atoms with van der Waals surface area (Å²) in [7, 11) is 0. The van der Waals surface area contributed by atoms with Crippen LogP contribution in [0.1, 0.15) is 131 Å². The summed E-state index contributed by atoms with van der Waals surface area (Å²) in [6, 6.07) is 16.6. The van der Waals surface area contributed by atoms with Crippen LogP contribution < -0.4 is 0 Å². The predicted octanol–water partition coefficient (Wildman–Crippen LogP) is 11.5. The second-order valence-electron chi connectivity index (χ2n) is 12.8. The first-order valence-corrected chi connectivity index (χ1v) is 16.4. The van der Waals surface area contributed by atoms with E-state index in [0.29, 0.717) is 11.8 Å². The monoisotopic (exact) mass is 590 g/mol. The van der Waals surface area contributed by atoms with Gasteiger partial charge in [0.15, 0.2) is 0 Å². The summed E-state index contributed by atoms with van der Waals surface area (Å²) in [6.07, 6.45) is 12.2. The van der Waals surface area contributed by atoms with Gasteiger partial charge in [0.05, 0.1) is 0 Å². The van der Waals surface area contributed by atoms with Crippen molar-refractivity contribution >= 4 is 0 Å². The average molecular weight is 591 g/mol. The van der Waals surface area contributed by atoms with Crippen LogP contribution in [-0.4, -0.2) is 11.7 Å². The third-order valence-electron chi connectivity index (χ3n) is 9.37. The Kier molecular flexibility index (Phi) is 12.5. The van der Waals surface area contributed by atoms with Crippen LogP contribution in [0.25, 0.3) is 11.1 Å². The Morgan fingerprint density at radius 2 is 1.47 bits per heavy atom. The summed E-state index contributed by atoms with van der Waals surface area (Å²) < 4.78 is 45.7. The van der Waals surface area contributed by atoms with E-state index in [-0.39, 0.29) is 29.2 Å². The van der Waals surface area contributed by atoms with Crippen LogP contribution in [0.5, 0.6) is 0 Å². The molecule has 0 spiro atoms. The highest BCUT2D eigenvalue weighted by atomic mass is 19.1. The topological polar surface area (TPSA) is 20.2 Å². The molecule has 1 saturated carbocycles. The Morgan fingerprint density at radius 1 is 0.814 bits per heavy atom. The lowest BCUT2D eigenvalue weighted by molar-refractivity contribution is 0.278. The van der Waals surface area contributed by atoms with Gasteiger partial charge in [-0.3, -0.25) is 0 Å². The highest BCUT2D eigenvalue weighted by molar-refractivity contribution is 5.65. The molecule has 4 heteroatoms. The van der Waals surface area contributed by atoms with Crippen LogP contribution in [0.4, 0.5) is 13.2 Å². The lowest BCUT2D eigenvalue weighted by Gasteiger charge is -2.30. The van der Waals surface area contributed by atoms with Crippen molar-refractivity contribution in [2.45, 2.75) is 115 Å². The number of aliphatic hydroxyl groups is 1. The first-order valence-electron chi connectivity index (χ1n) is 16.4. The summed E-state index contributed by atoms with van der Waals surface area (Å²) >= 11 is 0. The summed E-state index contributed by atoms with van der Waals surface area (Å²) in [5, 5.41) is 9.37. The number of aliphatic hydroxyl groups excluding tert-OH is 1. The summed E-state index contributed by atoms with van der Waals surface area (Å²) in [5.41, 5.74) is 5.37. The second-order valence-corrected chi connectivity index (χ2v) is 12.8. The van der Waals surface area contributed by atoms with Gasteiger partial charge in [0.2, 0.25) is 0 Å². The molecule has 1 nitrogen and oxygen atoms in total. The van der Waals surface area contributed by atoms with Gasteiger partial charge in [-0.05, 0) is 136 Å². The molecule has 0 radical (unpaired) electrons. The smallest absolute Gasteiger partial charge is 0.131 e. The minimum atomic E-state index is -0.574. The van der Waals surface area contributed by atoms with E-state index in [4.69, 9.17) is 0 Å². The molecule has 0 heterocycles. The molecule has 0 saturated heterocycles. The van der Waals surface area contributed by atoms with E-state index in [1.165, 1.54) is 34.9 Å². The van der Waals surface area contributed by atoms with E-state index in [2.05, 4.69) is 44.7 Å². The molecule has 1 aliphatic carbocycles. The predicted molar refractivity (Wildman–Crippen MR) is 173 cm³/mol. The number of benzene rings is 3. The van der Waals surface area contributed by atoms with E-state index >= 15 is 8.78 Å². The Morgan fingerprint density at radius 3 is 2.07 bits per heavy atom. The maximum atomic E-state index is 15.4. The fourth-order valence-electron chi connectivity index (χ4n) is 6.88. The van der Waals surface area contributed by atoms with Crippen LogP contribution in [0, 0.1) is 17.5 Å². The highest BCUT2D eigenvalue weighted by Gasteiger charge is 2.28. The third kappa shape index (κ3) is 9.08. The van der Waals surface area contributed by atoms with Gasteiger partial charge in [0.1, 0.15) is 17.5 Å². The molecular weight excluding hydrogens is 541 g/mol. The number of hydrogen-bond donors (Lipinski definition) is 1. The molecule has 1 N–H and O–H groups in total. The number of allylic oxidation sites excluding steroid dienone is 1. The number of aryl methyl sites for hydroxylation is 1. The van der Waals surface area contributed by atoms with E-state index in [0.717, 1.165) is 89.0 Å². The van der Waals surface area contributed by atoms with Gasteiger partial charge < -0.3 is 5.11 Å². The maximum Gasteiger partial charge on any atom is 0.131 e. The Balaban J connectivity index is 1.39. The average Bonchev–Trinajstić information content (AvgIpc) is 2.99. The minimum absolute atomic E-state index is 0.149. The molecule has 1 atom stereocenters. The molecule has 0 aliphatic heterocycles. The molecule has 43 heavy (non-hydrogen) atoms. The largest absolute Gasteiger partial charge is 0.396 e. The summed E-state index contributed by atoms with van der Waals surface area (Å²) in [6.45, 7) is 8.43. The van der Waals surface area contributed by atoms with Crippen molar-refractivity contribution in [1.29, 1.82) is 0 Å². The van der Waals surface area contributed by atoms with Crippen molar-refractivity contribution in [1.82, 2.24) is 0 Å². The zero-order valence-corrected chi connectivity index (χ0v) is 26.1. The van der Waals surface area contributed by atoms with E-state index < -0.39 is 17.5 Å². The first-order chi connectivity index (χ1) is 20.8. The summed E-state index contributed by atoms with van der Waals surface area (Å²) in [5.74, 6) is -0.947. The van der Waals surface area contributed by atoms with Gasteiger partial charge in [0, 0.05) is 17.7 Å². The molecule has 0 amide bonds. The van der Waals surface area contributed by atoms with Crippen LogP contribution in [0.3, 0.4) is 0 Å². The zero-order valence-electron chi connectivity index (χ0n) is 26.1. The Labute approximate surface area is 257 Å². The molecule has 3 aromatic rings. The number of unbranched alkanes of at least 4 members (excludes halogenated alkanes) is 2. The van der Waals surface area contributed by atoms with Crippen LogP contribution in [0.15, 0.2) is 66.7 Å². The first kappa shape index (κ1) is 33.1. The lowest BCUT2D eigenvalue weighted by Crippen LogP contribution is -2.15. The van der Waals surface area contributed by atoms with Crippen molar-refractivity contribution < 1.29 is 18.3 Å². The standard InChI is InChI=1S/C39H49F3O/c1-4-5-6-10-28-13-22-35(36(40)24-28)34-25-37(41)39(38(42)26-34)33-20-18-32(19-21-33)31-16-14-30(15-17-31)29(12-8-23-43)11-7-9-27(2)3/h13-17,22,24-26,29,32-33,43H,2,4-12,18-21,23H2,1,3H3. The quantitative estimate of drug-likeness (QED) is 0.138. The molecule has 1 fully saturated rings. The van der Waals surface area contributed by atoms with E-state index in [9.17, 15) is 9.50 Å². The fraction of sp³-hybridized carbons (Fsp3) is 0.487.